The van der Waals surface area contributed by atoms with Gasteiger partial charge in [-0.05, 0) is 86.8 Å². The molecule has 2 aliphatic carbocycles. The Balaban J connectivity index is 1.38. The van der Waals surface area contributed by atoms with Crippen LogP contribution in [0.4, 0.5) is 28.0 Å². The van der Waals surface area contributed by atoms with Gasteiger partial charge in [0.05, 0.1) is 17.3 Å². The summed E-state index contributed by atoms with van der Waals surface area (Å²) in [5.41, 5.74) is 1.03. The van der Waals surface area contributed by atoms with E-state index in [0.717, 1.165) is 56.9 Å². The Morgan fingerprint density at radius 2 is 1.65 bits per heavy atom. The number of alkyl halides is 3. The molecule has 0 heterocycles. The maximum atomic E-state index is 13.2. The number of halogens is 4. The number of carbonyl (C=O) groups is 2. The lowest BCUT2D eigenvalue weighted by molar-refractivity contribution is -0.199. The first-order valence-electron chi connectivity index (χ1n) is 13.5. The van der Waals surface area contributed by atoms with Crippen LogP contribution in [0, 0.1) is 23.1 Å². The van der Waals surface area contributed by atoms with Gasteiger partial charge in [-0.25, -0.2) is 14.0 Å². The van der Waals surface area contributed by atoms with Gasteiger partial charge in [0.1, 0.15) is 5.82 Å². The van der Waals surface area contributed by atoms with Crippen molar-refractivity contribution >= 4 is 17.7 Å². The van der Waals surface area contributed by atoms with Crippen molar-refractivity contribution in [2.75, 3.05) is 5.06 Å². The number of benzene rings is 2. The summed E-state index contributed by atoms with van der Waals surface area (Å²) < 4.78 is 52.1. The molecule has 2 N–H and O–H groups in total. The van der Waals surface area contributed by atoms with Gasteiger partial charge in [-0.3, -0.25) is 0 Å². The standard InChI is InChI=1S/C29H32F4N4O3/c30-22-12-8-19(9-13-22)16-20-10-14-23(15-11-20)35-25-6-1-2-7-26(25)36-28(39)37(40-27(38)29(31,32)33)24-5-3-4-21(17-24)18-34/h3-5,8-9,12-13,17,20,23,25-26,35H,1-2,6-7,10-11,14-16H2,(H,36,39)/t20?,23?,25-,26-/m0/s1. The van der Waals surface area contributed by atoms with Gasteiger partial charge in [0.25, 0.3) is 0 Å². The molecule has 2 aromatic carbocycles. The third-order valence-electron chi connectivity index (χ3n) is 7.61. The molecule has 0 spiro atoms. The van der Waals surface area contributed by atoms with E-state index in [4.69, 9.17) is 5.26 Å². The second-order valence-electron chi connectivity index (χ2n) is 10.5. The van der Waals surface area contributed by atoms with Gasteiger partial charge in [0, 0.05) is 18.1 Å². The van der Waals surface area contributed by atoms with Crippen LogP contribution in [0.1, 0.15) is 62.5 Å². The van der Waals surface area contributed by atoms with E-state index in [9.17, 15) is 27.2 Å². The highest BCUT2D eigenvalue weighted by Gasteiger charge is 2.44. The maximum Gasteiger partial charge on any atom is 0.493 e. The molecule has 2 aliphatic rings. The van der Waals surface area contributed by atoms with E-state index in [0.29, 0.717) is 12.3 Å². The Labute approximate surface area is 230 Å². The third-order valence-corrected chi connectivity index (χ3v) is 7.61. The third kappa shape index (κ3) is 7.94. The van der Waals surface area contributed by atoms with E-state index < -0.39 is 18.2 Å². The van der Waals surface area contributed by atoms with E-state index >= 15 is 0 Å². The van der Waals surface area contributed by atoms with Crippen LogP contribution in [0.3, 0.4) is 0 Å². The molecule has 2 atom stereocenters. The first kappa shape index (κ1) is 29.3. The SMILES string of the molecule is N#Cc1cccc(N(OC(=O)C(F)(F)F)C(=O)N[C@H]2CCCC[C@@H]2NC2CCC(Cc3ccc(F)cc3)CC2)c1. The molecule has 0 aromatic heterocycles. The zero-order chi connectivity index (χ0) is 28.7. The van der Waals surface area contributed by atoms with E-state index in [2.05, 4.69) is 15.5 Å². The van der Waals surface area contributed by atoms with Crippen LogP contribution in [-0.2, 0) is 16.1 Å². The molecule has 214 valence electrons. The van der Waals surface area contributed by atoms with Crippen LogP contribution >= 0.6 is 0 Å². The highest BCUT2D eigenvalue weighted by atomic mass is 19.4. The van der Waals surface area contributed by atoms with Crippen LogP contribution in [0.25, 0.3) is 0 Å². The van der Waals surface area contributed by atoms with Crippen LogP contribution in [0.2, 0.25) is 0 Å². The Bertz CT molecular complexity index is 1210. The fourth-order valence-corrected chi connectivity index (χ4v) is 5.56. The molecule has 4 rings (SSSR count). The highest BCUT2D eigenvalue weighted by Crippen LogP contribution is 2.30. The molecule has 7 nitrogen and oxygen atoms in total. The number of amides is 2. The fraction of sp³-hybridized carbons (Fsp3) is 0.483. The quantitative estimate of drug-likeness (QED) is 0.337. The molecule has 2 amide bonds. The average molecular weight is 561 g/mol. The van der Waals surface area contributed by atoms with Crippen LogP contribution in [0.15, 0.2) is 48.5 Å². The van der Waals surface area contributed by atoms with Crippen molar-refractivity contribution in [2.45, 2.75) is 82.1 Å². The molecular weight excluding hydrogens is 528 g/mol. The van der Waals surface area contributed by atoms with Crippen molar-refractivity contribution in [3.63, 3.8) is 0 Å². The predicted molar refractivity (Wildman–Crippen MR) is 139 cm³/mol. The summed E-state index contributed by atoms with van der Waals surface area (Å²) in [5.74, 6) is -2.28. The second-order valence-corrected chi connectivity index (χ2v) is 10.5. The highest BCUT2D eigenvalue weighted by molar-refractivity contribution is 5.93. The number of carbonyl (C=O) groups excluding carboxylic acids is 2. The number of nitrogens with one attached hydrogen (secondary N) is 2. The molecule has 40 heavy (non-hydrogen) atoms. The van der Waals surface area contributed by atoms with Crippen molar-refractivity contribution in [3.8, 4) is 6.07 Å². The lowest BCUT2D eigenvalue weighted by Gasteiger charge is -2.38. The Morgan fingerprint density at radius 1 is 0.975 bits per heavy atom. The van der Waals surface area contributed by atoms with Gasteiger partial charge in [-0.15, -0.1) is 5.06 Å². The topological polar surface area (TPSA) is 94.5 Å². The van der Waals surface area contributed by atoms with Crippen molar-refractivity contribution in [1.29, 1.82) is 5.26 Å². The van der Waals surface area contributed by atoms with Crippen LogP contribution < -0.4 is 15.7 Å². The van der Waals surface area contributed by atoms with Gasteiger partial charge >= 0.3 is 18.2 Å². The van der Waals surface area contributed by atoms with Gasteiger partial charge < -0.3 is 15.5 Å². The predicted octanol–water partition coefficient (Wildman–Crippen LogP) is 5.94. The van der Waals surface area contributed by atoms with E-state index in [1.54, 1.807) is 0 Å². The van der Waals surface area contributed by atoms with Crippen molar-refractivity contribution < 1.29 is 32.0 Å². The first-order chi connectivity index (χ1) is 19.1. The van der Waals surface area contributed by atoms with E-state index in [-0.39, 0.29) is 40.3 Å². The number of nitriles is 1. The number of hydrogen-bond acceptors (Lipinski definition) is 5. The summed E-state index contributed by atoms with van der Waals surface area (Å²) in [4.78, 5) is 29.3. The number of rotatable bonds is 6. The van der Waals surface area contributed by atoms with Crippen molar-refractivity contribution in [3.05, 3.63) is 65.5 Å². The Morgan fingerprint density at radius 3 is 2.30 bits per heavy atom. The maximum absolute atomic E-state index is 13.2. The van der Waals surface area contributed by atoms with Crippen LogP contribution in [-0.4, -0.2) is 36.3 Å². The summed E-state index contributed by atoms with van der Waals surface area (Å²) in [6, 6.07) is 12.4. The van der Waals surface area contributed by atoms with Gasteiger partial charge in [-0.1, -0.05) is 31.0 Å². The summed E-state index contributed by atoms with van der Waals surface area (Å²) in [6.45, 7) is 0. The normalized spacial score (nSPS) is 23.1. The Hall–Kier alpha value is -3.65. The van der Waals surface area contributed by atoms with Gasteiger partial charge in [0.2, 0.25) is 0 Å². The molecule has 2 fully saturated rings. The lowest BCUT2D eigenvalue weighted by atomic mass is 9.81. The zero-order valence-electron chi connectivity index (χ0n) is 21.9. The largest absolute Gasteiger partial charge is 0.493 e. The number of nitrogens with zero attached hydrogens (tertiary/aromatic N) is 2. The molecule has 2 saturated carbocycles. The zero-order valence-corrected chi connectivity index (χ0v) is 21.9. The monoisotopic (exact) mass is 560 g/mol. The molecule has 2 aromatic rings. The van der Waals surface area contributed by atoms with Crippen molar-refractivity contribution in [1.82, 2.24) is 10.6 Å². The Kier molecular flexibility index (Phi) is 9.63. The lowest BCUT2D eigenvalue weighted by Crippen LogP contribution is -2.57. The number of anilines is 1. The van der Waals surface area contributed by atoms with Crippen LogP contribution in [0.5, 0.6) is 0 Å². The molecule has 0 radical (unpaired) electrons. The fourth-order valence-electron chi connectivity index (χ4n) is 5.56. The molecule has 0 aliphatic heterocycles. The van der Waals surface area contributed by atoms with Gasteiger partial charge in [0.15, 0.2) is 0 Å². The smallest absolute Gasteiger partial charge is 0.331 e. The number of hydrogen-bond donors (Lipinski definition) is 2. The minimum absolute atomic E-state index is 0.0885. The van der Waals surface area contributed by atoms with Gasteiger partial charge in [-0.2, -0.15) is 18.4 Å². The minimum atomic E-state index is -5.31. The summed E-state index contributed by atoms with van der Waals surface area (Å²) >= 11 is 0. The number of hydroxylamine groups is 1. The van der Waals surface area contributed by atoms with E-state index in [1.165, 1.54) is 36.4 Å². The summed E-state index contributed by atoms with van der Waals surface area (Å²) in [6.07, 6.45) is 2.67. The average Bonchev–Trinajstić information content (AvgIpc) is 2.94. The molecule has 0 unspecified atom stereocenters. The summed E-state index contributed by atoms with van der Waals surface area (Å²) in [5, 5.41) is 15.9. The van der Waals surface area contributed by atoms with Crippen molar-refractivity contribution in [2.24, 2.45) is 5.92 Å². The van der Waals surface area contributed by atoms with E-state index in [1.807, 2.05) is 18.2 Å². The molecule has 11 heteroatoms. The summed E-state index contributed by atoms with van der Waals surface area (Å²) in [7, 11) is 0. The molecule has 0 bridgehead atoms. The second kappa shape index (κ2) is 13.1. The molecule has 0 saturated heterocycles. The minimum Gasteiger partial charge on any atom is -0.331 e. The molecular formula is C29H32F4N4O3. The number of urea groups is 1. The first-order valence-corrected chi connectivity index (χ1v) is 13.5.